The second-order valence-corrected chi connectivity index (χ2v) is 12.3. The largest absolute Gasteiger partial charge is 0.476 e. The van der Waals surface area contributed by atoms with E-state index in [4.69, 9.17) is 19.3 Å². The van der Waals surface area contributed by atoms with E-state index < -0.39 is 23.7 Å². The van der Waals surface area contributed by atoms with Crippen LogP contribution < -0.4 is 0 Å². The summed E-state index contributed by atoms with van der Waals surface area (Å²) in [5.41, 5.74) is 1.10. The Labute approximate surface area is 250 Å². The Kier molecular flexibility index (Phi) is 15.6. The van der Waals surface area contributed by atoms with Gasteiger partial charge in [-0.05, 0) is 71.6 Å². The van der Waals surface area contributed by atoms with E-state index in [1.165, 1.54) is 71.6 Å². The molecule has 42 heavy (non-hydrogen) atoms. The smallest absolute Gasteiger partial charge is 0.371 e. The van der Waals surface area contributed by atoms with Gasteiger partial charge in [0.2, 0.25) is 12.1 Å². The van der Waals surface area contributed by atoms with Crippen LogP contribution in [0.1, 0.15) is 126 Å². The fourth-order valence-corrected chi connectivity index (χ4v) is 6.47. The maximum absolute atomic E-state index is 11.6. The van der Waals surface area contributed by atoms with Gasteiger partial charge in [-0.15, -0.1) is 0 Å². The third-order valence-corrected chi connectivity index (χ3v) is 8.39. The fraction of sp³-hybridized carbons (Fsp3) is 0.781. The van der Waals surface area contributed by atoms with Crippen molar-refractivity contribution in [3.8, 4) is 0 Å². The number of rotatable bonds is 3. The first kappa shape index (κ1) is 37.4. The summed E-state index contributed by atoms with van der Waals surface area (Å²) in [6, 6.07) is 0. The number of Topliss-reactive ketones (excluding diaryl/α,β-unsaturated/α-hetero) is 1. The first-order valence-electron chi connectivity index (χ1n) is 15.1. The van der Waals surface area contributed by atoms with Crippen LogP contribution in [0.25, 0.3) is 0 Å². The highest BCUT2D eigenvalue weighted by atomic mass is 16.7. The van der Waals surface area contributed by atoms with E-state index in [1.807, 2.05) is 0 Å². The van der Waals surface area contributed by atoms with Gasteiger partial charge in [0.25, 0.3) is 0 Å². The average molecular weight is 597 g/mol. The molecule has 4 aliphatic rings. The lowest BCUT2D eigenvalue weighted by Gasteiger charge is -2.36. The first-order valence-corrected chi connectivity index (χ1v) is 15.1. The highest BCUT2D eigenvalue weighted by molar-refractivity contribution is 6.31. The lowest BCUT2D eigenvalue weighted by molar-refractivity contribution is -0.191. The monoisotopic (exact) mass is 596 g/mol. The van der Waals surface area contributed by atoms with Gasteiger partial charge in [0.05, 0.1) is 18.3 Å². The minimum Gasteiger partial charge on any atom is -0.476 e. The van der Waals surface area contributed by atoms with Crippen molar-refractivity contribution in [3.63, 3.8) is 0 Å². The number of ketones is 1. The molecule has 0 radical (unpaired) electrons. The molecule has 0 aromatic rings. The molecule has 2 aliphatic heterocycles. The minimum atomic E-state index is -1.38. The Balaban J connectivity index is 0.000000307. The summed E-state index contributed by atoms with van der Waals surface area (Å²) >= 11 is 0. The topological polar surface area (TPSA) is 142 Å². The average Bonchev–Trinajstić information content (AvgIpc) is 3.33. The van der Waals surface area contributed by atoms with Crippen molar-refractivity contribution in [3.05, 3.63) is 12.2 Å². The normalized spacial score (nSPS) is 26.6. The standard InChI is InChI=1S/C14H22O3.C11H20O.C4H6O3.C3H4O3/c1-10(2)12(15)17-13-14(9-11(3)16-13)7-5-4-6-8-14;1-9-8-11(10(2)12-9)6-4-3-5-7-11;1-3(5)7-4(2)6;1-2(4)3(5)6/h11,13H,1,4-9H2,2-3H3;9-10H,3-8H2,1-2H3;1-2H3;1H3,(H,5,6). The molecule has 4 unspecified atom stereocenters. The quantitative estimate of drug-likeness (QED) is 0.176. The molecule has 10 heteroatoms. The number of ether oxygens (including phenoxy) is 4. The van der Waals surface area contributed by atoms with E-state index in [1.54, 1.807) is 6.92 Å². The minimum absolute atomic E-state index is 0.0722. The molecule has 1 N–H and O–H groups in total. The molecular weight excluding hydrogens is 544 g/mol. The molecule has 4 atom stereocenters. The van der Waals surface area contributed by atoms with Crippen molar-refractivity contribution < 1.29 is 48.0 Å². The van der Waals surface area contributed by atoms with Gasteiger partial charge >= 0.3 is 23.9 Å². The van der Waals surface area contributed by atoms with E-state index in [9.17, 15) is 24.0 Å². The summed E-state index contributed by atoms with van der Waals surface area (Å²) in [5, 5.41) is 7.64. The highest BCUT2D eigenvalue weighted by Crippen LogP contribution is 2.50. The van der Waals surface area contributed by atoms with Gasteiger partial charge in [0.15, 0.2) is 0 Å². The van der Waals surface area contributed by atoms with Crippen LogP contribution in [-0.2, 0) is 42.9 Å². The van der Waals surface area contributed by atoms with Crippen LogP contribution in [0.5, 0.6) is 0 Å². The van der Waals surface area contributed by atoms with Crippen molar-refractivity contribution in [2.75, 3.05) is 0 Å². The van der Waals surface area contributed by atoms with Crippen molar-refractivity contribution in [1.82, 2.24) is 0 Å². The molecule has 2 saturated heterocycles. The third kappa shape index (κ3) is 12.3. The van der Waals surface area contributed by atoms with Crippen molar-refractivity contribution >= 4 is 29.7 Å². The third-order valence-electron chi connectivity index (χ3n) is 8.39. The molecule has 2 saturated carbocycles. The Hall–Kier alpha value is -2.59. The number of carboxylic acids is 1. The van der Waals surface area contributed by atoms with Crippen LogP contribution >= 0.6 is 0 Å². The number of carbonyl (C=O) groups excluding carboxylic acids is 4. The number of carbonyl (C=O) groups is 5. The van der Waals surface area contributed by atoms with Crippen LogP contribution in [0.3, 0.4) is 0 Å². The summed E-state index contributed by atoms with van der Waals surface area (Å²) < 4.78 is 21.1. The van der Waals surface area contributed by atoms with Crippen LogP contribution in [-0.4, -0.2) is 59.4 Å². The molecule has 240 valence electrons. The summed E-state index contributed by atoms with van der Waals surface area (Å²) in [5.74, 6) is -3.65. The van der Waals surface area contributed by atoms with E-state index in [2.05, 4.69) is 32.1 Å². The van der Waals surface area contributed by atoms with Crippen LogP contribution in [0.4, 0.5) is 0 Å². The molecule has 2 heterocycles. The maximum atomic E-state index is 11.6. The van der Waals surface area contributed by atoms with Gasteiger partial charge in [-0.2, -0.15) is 0 Å². The lowest BCUT2D eigenvalue weighted by Crippen LogP contribution is -2.36. The number of carboxylic acid groups (broad SMARTS) is 1. The predicted octanol–water partition coefficient (Wildman–Crippen LogP) is 6.08. The van der Waals surface area contributed by atoms with Gasteiger partial charge in [-0.3, -0.25) is 14.4 Å². The maximum Gasteiger partial charge on any atom is 0.371 e. The molecule has 2 aliphatic carbocycles. The Morgan fingerprint density at radius 2 is 1.12 bits per heavy atom. The second-order valence-electron chi connectivity index (χ2n) is 12.3. The zero-order valence-electron chi connectivity index (χ0n) is 26.6. The number of esters is 3. The summed E-state index contributed by atoms with van der Waals surface area (Å²) in [6.07, 6.45) is 16.3. The Morgan fingerprint density at radius 3 is 1.45 bits per heavy atom. The SMILES string of the molecule is C=C(C)C(=O)OC1OC(C)CC12CCCCC2.CC(=O)C(=O)O.CC(=O)OC(C)=O.CC1CC2(CCCCC2)C(C)O1. The molecule has 2 spiro atoms. The molecule has 0 aromatic heterocycles. The lowest BCUT2D eigenvalue weighted by atomic mass is 9.69. The van der Waals surface area contributed by atoms with Gasteiger partial charge in [-0.1, -0.05) is 45.1 Å². The molecule has 0 amide bonds. The number of aliphatic carboxylic acids is 1. The second kappa shape index (κ2) is 17.5. The molecule has 0 aromatic carbocycles. The van der Waals surface area contributed by atoms with E-state index in [0.717, 1.165) is 26.2 Å². The van der Waals surface area contributed by atoms with Crippen molar-refractivity contribution in [2.24, 2.45) is 10.8 Å². The summed E-state index contributed by atoms with van der Waals surface area (Å²) in [4.78, 5) is 50.1. The van der Waals surface area contributed by atoms with Gasteiger partial charge in [0.1, 0.15) is 0 Å². The number of hydrogen-bond acceptors (Lipinski definition) is 9. The fourth-order valence-electron chi connectivity index (χ4n) is 6.47. The van der Waals surface area contributed by atoms with Crippen molar-refractivity contribution in [2.45, 2.75) is 150 Å². The van der Waals surface area contributed by atoms with Crippen molar-refractivity contribution in [1.29, 1.82) is 0 Å². The van der Waals surface area contributed by atoms with E-state index in [0.29, 0.717) is 23.2 Å². The van der Waals surface area contributed by atoms with E-state index >= 15 is 0 Å². The van der Waals surface area contributed by atoms with Gasteiger partial charge < -0.3 is 24.1 Å². The summed E-state index contributed by atoms with van der Waals surface area (Å²) in [6.45, 7) is 15.2. The highest BCUT2D eigenvalue weighted by Gasteiger charge is 2.50. The van der Waals surface area contributed by atoms with Crippen LogP contribution in [0, 0.1) is 10.8 Å². The molecule has 0 bridgehead atoms. The van der Waals surface area contributed by atoms with E-state index in [-0.39, 0.29) is 23.8 Å². The predicted molar refractivity (Wildman–Crippen MR) is 156 cm³/mol. The van der Waals surface area contributed by atoms with Crippen LogP contribution in [0.15, 0.2) is 12.2 Å². The van der Waals surface area contributed by atoms with Gasteiger partial charge in [0, 0.05) is 31.8 Å². The molecular formula is C32H52O10. The Bertz CT molecular complexity index is 919. The molecule has 10 nitrogen and oxygen atoms in total. The Morgan fingerprint density at radius 1 is 0.714 bits per heavy atom. The summed E-state index contributed by atoms with van der Waals surface area (Å²) in [7, 11) is 0. The molecule has 4 rings (SSSR count). The molecule has 4 fully saturated rings. The zero-order chi connectivity index (χ0) is 32.1. The zero-order valence-corrected chi connectivity index (χ0v) is 26.6. The van der Waals surface area contributed by atoms with Gasteiger partial charge in [-0.25, -0.2) is 9.59 Å². The first-order chi connectivity index (χ1) is 19.5. The van der Waals surface area contributed by atoms with Crippen LogP contribution in [0.2, 0.25) is 0 Å². The number of hydrogen-bond donors (Lipinski definition) is 1.